The highest BCUT2D eigenvalue weighted by atomic mass is 79.9. The first kappa shape index (κ1) is 19.0. The van der Waals surface area contributed by atoms with Crippen molar-refractivity contribution in [1.29, 1.82) is 0 Å². The molecular weight excluding hydrogens is 438 g/mol. The standard InChI is InChI=1S/C24H20BrN5/c25-21-4-2-1-3-20(21)23-6-5-17(13-27-23)15-30-12-9-22-19(16-30)14-28-24(29-22)18-7-10-26-11-8-18/h1-8,10-11,13-14H,9,12,15-16H2. The summed E-state index contributed by atoms with van der Waals surface area (Å²) in [5.41, 5.74) is 6.66. The van der Waals surface area contributed by atoms with E-state index in [4.69, 9.17) is 4.98 Å². The minimum absolute atomic E-state index is 0.775. The summed E-state index contributed by atoms with van der Waals surface area (Å²) in [6.07, 6.45) is 8.43. The van der Waals surface area contributed by atoms with Crippen LogP contribution in [0.15, 0.2) is 77.8 Å². The van der Waals surface area contributed by atoms with Crippen molar-refractivity contribution in [2.75, 3.05) is 6.54 Å². The third-order valence-corrected chi connectivity index (χ3v) is 6.02. The van der Waals surface area contributed by atoms with Crippen molar-refractivity contribution in [1.82, 2.24) is 24.8 Å². The number of halogens is 1. The van der Waals surface area contributed by atoms with Crippen LogP contribution in [0, 0.1) is 0 Å². The number of nitrogens with zero attached hydrogens (tertiary/aromatic N) is 5. The van der Waals surface area contributed by atoms with Gasteiger partial charge in [-0.3, -0.25) is 14.9 Å². The van der Waals surface area contributed by atoms with Gasteiger partial charge in [0.1, 0.15) is 0 Å². The summed E-state index contributed by atoms with van der Waals surface area (Å²) in [7, 11) is 0. The summed E-state index contributed by atoms with van der Waals surface area (Å²) < 4.78 is 1.06. The Hall–Kier alpha value is -2.96. The summed E-state index contributed by atoms with van der Waals surface area (Å²) in [5, 5.41) is 0. The first-order valence-corrected chi connectivity index (χ1v) is 10.7. The number of benzene rings is 1. The van der Waals surface area contributed by atoms with Crippen LogP contribution >= 0.6 is 15.9 Å². The van der Waals surface area contributed by atoms with E-state index in [2.05, 4.69) is 54.0 Å². The molecule has 6 heteroatoms. The van der Waals surface area contributed by atoms with Crippen molar-refractivity contribution in [3.8, 4) is 22.6 Å². The fraction of sp³-hybridized carbons (Fsp3) is 0.167. The van der Waals surface area contributed by atoms with Crippen molar-refractivity contribution in [3.63, 3.8) is 0 Å². The van der Waals surface area contributed by atoms with Gasteiger partial charge >= 0.3 is 0 Å². The second kappa shape index (κ2) is 8.42. The van der Waals surface area contributed by atoms with E-state index in [-0.39, 0.29) is 0 Å². The Morgan fingerprint density at radius 3 is 2.60 bits per heavy atom. The van der Waals surface area contributed by atoms with Crippen LogP contribution in [-0.2, 0) is 19.5 Å². The summed E-state index contributed by atoms with van der Waals surface area (Å²) >= 11 is 3.60. The summed E-state index contributed by atoms with van der Waals surface area (Å²) in [6.45, 7) is 2.71. The minimum Gasteiger partial charge on any atom is -0.294 e. The Bertz CT molecular complexity index is 1160. The number of hydrogen-bond acceptors (Lipinski definition) is 5. The van der Waals surface area contributed by atoms with Crippen LogP contribution in [0.4, 0.5) is 0 Å². The molecule has 5 rings (SSSR count). The maximum Gasteiger partial charge on any atom is 0.159 e. The predicted octanol–water partition coefficient (Wildman–Crippen LogP) is 4.92. The summed E-state index contributed by atoms with van der Waals surface area (Å²) in [5.74, 6) is 0.775. The fourth-order valence-corrected chi connectivity index (χ4v) is 4.24. The Kier molecular flexibility index (Phi) is 5.34. The maximum absolute atomic E-state index is 4.80. The highest BCUT2D eigenvalue weighted by Gasteiger charge is 2.19. The van der Waals surface area contributed by atoms with E-state index < -0.39 is 0 Å². The van der Waals surface area contributed by atoms with Crippen molar-refractivity contribution in [2.24, 2.45) is 0 Å². The molecule has 4 heterocycles. The Morgan fingerprint density at radius 2 is 1.80 bits per heavy atom. The lowest BCUT2D eigenvalue weighted by Gasteiger charge is -2.28. The normalized spacial score (nSPS) is 13.8. The molecule has 0 saturated heterocycles. The van der Waals surface area contributed by atoms with Gasteiger partial charge < -0.3 is 0 Å². The molecule has 1 aromatic carbocycles. The van der Waals surface area contributed by atoms with E-state index in [0.717, 1.165) is 58.9 Å². The van der Waals surface area contributed by atoms with Crippen molar-refractivity contribution in [2.45, 2.75) is 19.5 Å². The lowest BCUT2D eigenvalue weighted by Crippen LogP contribution is -2.31. The van der Waals surface area contributed by atoms with Crippen LogP contribution < -0.4 is 0 Å². The van der Waals surface area contributed by atoms with Gasteiger partial charge in [-0.15, -0.1) is 0 Å². The topological polar surface area (TPSA) is 54.8 Å². The number of fused-ring (bicyclic) bond motifs is 1. The zero-order chi connectivity index (χ0) is 20.3. The quantitative estimate of drug-likeness (QED) is 0.435. The van der Waals surface area contributed by atoms with Gasteiger partial charge in [0.2, 0.25) is 0 Å². The van der Waals surface area contributed by atoms with Gasteiger partial charge in [-0.2, -0.15) is 0 Å². The monoisotopic (exact) mass is 457 g/mol. The number of hydrogen-bond donors (Lipinski definition) is 0. The van der Waals surface area contributed by atoms with Crippen LogP contribution in [-0.4, -0.2) is 31.4 Å². The highest BCUT2D eigenvalue weighted by molar-refractivity contribution is 9.10. The van der Waals surface area contributed by atoms with Gasteiger partial charge in [0.25, 0.3) is 0 Å². The molecule has 30 heavy (non-hydrogen) atoms. The second-order valence-corrected chi connectivity index (χ2v) is 8.25. The summed E-state index contributed by atoms with van der Waals surface area (Å²) in [6, 6.07) is 16.3. The van der Waals surface area contributed by atoms with E-state index in [1.807, 2.05) is 42.7 Å². The van der Waals surface area contributed by atoms with Gasteiger partial charge in [-0.05, 0) is 29.8 Å². The predicted molar refractivity (Wildman–Crippen MR) is 120 cm³/mol. The zero-order valence-corrected chi connectivity index (χ0v) is 18.0. The number of pyridine rings is 2. The number of rotatable bonds is 4. The zero-order valence-electron chi connectivity index (χ0n) is 16.4. The molecule has 0 saturated carbocycles. The first-order valence-electron chi connectivity index (χ1n) is 9.93. The Balaban J connectivity index is 1.28. The molecule has 0 N–H and O–H groups in total. The van der Waals surface area contributed by atoms with E-state index >= 15 is 0 Å². The molecule has 3 aromatic heterocycles. The van der Waals surface area contributed by atoms with Gasteiger partial charge in [-0.25, -0.2) is 9.97 Å². The smallest absolute Gasteiger partial charge is 0.159 e. The molecule has 0 spiro atoms. The molecule has 0 atom stereocenters. The minimum atomic E-state index is 0.775. The second-order valence-electron chi connectivity index (χ2n) is 7.39. The lowest BCUT2D eigenvalue weighted by atomic mass is 10.1. The molecule has 5 nitrogen and oxygen atoms in total. The Morgan fingerprint density at radius 1 is 0.933 bits per heavy atom. The average Bonchev–Trinajstić information content (AvgIpc) is 2.80. The lowest BCUT2D eigenvalue weighted by molar-refractivity contribution is 0.242. The van der Waals surface area contributed by atoms with Crippen molar-refractivity contribution in [3.05, 3.63) is 94.6 Å². The van der Waals surface area contributed by atoms with Crippen LogP contribution in [0.2, 0.25) is 0 Å². The van der Waals surface area contributed by atoms with Crippen LogP contribution in [0.1, 0.15) is 16.8 Å². The van der Waals surface area contributed by atoms with Crippen molar-refractivity contribution < 1.29 is 0 Å². The third kappa shape index (κ3) is 4.01. The molecule has 1 aliphatic rings. The van der Waals surface area contributed by atoms with Gasteiger partial charge in [-0.1, -0.05) is 40.2 Å². The average molecular weight is 458 g/mol. The number of aromatic nitrogens is 4. The van der Waals surface area contributed by atoms with Gasteiger partial charge in [0.15, 0.2) is 5.82 Å². The molecule has 0 amide bonds. The first-order chi connectivity index (χ1) is 14.8. The highest BCUT2D eigenvalue weighted by Crippen LogP contribution is 2.27. The van der Waals surface area contributed by atoms with E-state index in [0.29, 0.717) is 0 Å². The maximum atomic E-state index is 4.80. The molecule has 0 radical (unpaired) electrons. The van der Waals surface area contributed by atoms with Crippen LogP contribution in [0.3, 0.4) is 0 Å². The summed E-state index contributed by atoms with van der Waals surface area (Å²) in [4.78, 5) is 20.5. The van der Waals surface area contributed by atoms with E-state index in [1.165, 1.54) is 11.1 Å². The molecule has 0 bridgehead atoms. The molecule has 1 aliphatic heterocycles. The molecule has 0 aliphatic carbocycles. The fourth-order valence-electron chi connectivity index (χ4n) is 3.75. The van der Waals surface area contributed by atoms with Gasteiger partial charge in [0, 0.05) is 72.0 Å². The SMILES string of the molecule is Brc1ccccc1-c1ccc(CN2CCc3nc(-c4ccncc4)ncc3C2)cn1. The third-order valence-electron chi connectivity index (χ3n) is 5.33. The molecular formula is C24H20BrN5. The molecule has 148 valence electrons. The van der Waals surface area contributed by atoms with E-state index in [9.17, 15) is 0 Å². The van der Waals surface area contributed by atoms with E-state index in [1.54, 1.807) is 12.4 Å². The van der Waals surface area contributed by atoms with Crippen molar-refractivity contribution >= 4 is 15.9 Å². The molecule has 0 fully saturated rings. The van der Waals surface area contributed by atoms with Gasteiger partial charge in [0.05, 0.1) is 11.4 Å². The van der Waals surface area contributed by atoms with Crippen LogP contribution in [0.5, 0.6) is 0 Å². The largest absolute Gasteiger partial charge is 0.294 e. The molecule has 0 unspecified atom stereocenters. The Labute approximate surface area is 184 Å². The van der Waals surface area contributed by atoms with Crippen LogP contribution in [0.25, 0.3) is 22.6 Å². The molecule has 4 aromatic rings.